The van der Waals surface area contributed by atoms with Crippen LogP contribution in [0.4, 0.5) is 0 Å². The first kappa shape index (κ1) is 95.1. The summed E-state index contributed by atoms with van der Waals surface area (Å²) in [5, 5.41) is 10.6. The first-order valence-electron chi connectivity index (χ1n) is 40.7. The smallest absolute Gasteiger partial charge is 0.462 e. The third-order valence-electron chi connectivity index (χ3n) is 18.6. The Kier molecular flexibility index (Phi) is 69.6. The molecular weight excluding hydrogens is 1270 g/mol. The van der Waals surface area contributed by atoms with Crippen molar-refractivity contribution >= 4 is 39.5 Å². The van der Waals surface area contributed by atoms with Crippen LogP contribution < -0.4 is 0 Å². The molecule has 0 aromatic carbocycles. The first-order chi connectivity index (χ1) is 47.1. The number of hydrogen-bond acceptors (Lipinski definition) is 15. The molecule has 0 heterocycles. The van der Waals surface area contributed by atoms with Crippen LogP contribution in [-0.2, 0) is 65.4 Å². The topological polar surface area (TPSA) is 237 Å². The molecule has 0 aliphatic carbocycles. The van der Waals surface area contributed by atoms with E-state index in [2.05, 4.69) is 34.6 Å². The van der Waals surface area contributed by atoms with Crippen LogP contribution in [0, 0.1) is 5.92 Å². The molecule has 0 fully saturated rings. The molecule has 97 heavy (non-hydrogen) atoms. The van der Waals surface area contributed by atoms with Crippen molar-refractivity contribution < 1.29 is 80.2 Å². The number of carbonyl (C=O) groups excluding carboxylic acids is 4. The van der Waals surface area contributed by atoms with Gasteiger partial charge in [-0.3, -0.25) is 37.3 Å². The van der Waals surface area contributed by atoms with Gasteiger partial charge < -0.3 is 33.8 Å². The van der Waals surface area contributed by atoms with Gasteiger partial charge in [0.15, 0.2) is 12.2 Å². The number of unbranched alkanes of at least 4 members (excludes halogenated alkanes) is 49. The molecule has 576 valence electrons. The summed E-state index contributed by atoms with van der Waals surface area (Å²) in [5.74, 6) is -1.31. The highest BCUT2D eigenvalue weighted by molar-refractivity contribution is 7.47. The van der Waals surface area contributed by atoms with Gasteiger partial charge in [-0.05, 0) is 31.6 Å². The molecule has 0 spiro atoms. The van der Waals surface area contributed by atoms with E-state index in [9.17, 15) is 43.2 Å². The second-order valence-electron chi connectivity index (χ2n) is 28.3. The van der Waals surface area contributed by atoms with Crippen molar-refractivity contribution in [3.63, 3.8) is 0 Å². The molecule has 0 saturated heterocycles. The van der Waals surface area contributed by atoms with Crippen LogP contribution in [0.15, 0.2) is 0 Å². The minimum Gasteiger partial charge on any atom is -0.462 e. The van der Waals surface area contributed by atoms with Crippen LogP contribution in [0.5, 0.6) is 0 Å². The second kappa shape index (κ2) is 71.1. The monoisotopic (exact) mass is 1420 g/mol. The van der Waals surface area contributed by atoms with Gasteiger partial charge in [-0.1, -0.05) is 362 Å². The van der Waals surface area contributed by atoms with Crippen LogP contribution >= 0.6 is 15.6 Å². The Morgan fingerprint density at radius 3 is 0.732 bits per heavy atom. The second-order valence-corrected chi connectivity index (χ2v) is 31.3. The number of ether oxygens (including phenoxy) is 4. The lowest BCUT2D eigenvalue weighted by atomic mass is 9.99. The Labute approximate surface area is 594 Å². The van der Waals surface area contributed by atoms with Gasteiger partial charge in [-0.2, -0.15) is 0 Å². The molecule has 0 saturated carbocycles. The lowest BCUT2D eigenvalue weighted by Crippen LogP contribution is -2.30. The number of phosphoric ester groups is 2. The largest absolute Gasteiger partial charge is 0.472 e. The highest BCUT2D eigenvalue weighted by atomic mass is 31.2. The molecular formula is C78H152O17P2. The van der Waals surface area contributed by atoms with Crippen molar-refractivity contribution in [1.82, 2.24) is 0 Å². The van der Waals surface area contributed by atoms with Crippen LogP contribution in [0.25, 0.3) is 0 Å². The SMILES string of the molecule is CCCCCCCCCCCCCCCCCCCCC(=O)O[C@H](COC(=O)CCCCCCCCCCCCCCCCCCC)COP(=O)(O)OC[C@@H](O)COP(=O)(O)OC[C@@H](COC(=O)CCCCCCCCCC)OC(=O)CCCCCCCCCCCCC(C)CC. The lowest BCUT2D eigenvalue weighted by molar-refractivity contribution is -0.161. The van der Waals surface area contributed by atoms with E-state index in [1.165, 1.54) is 231 Å². The minimum atomic E-state index is -4.96. The average molecular weight is 1420 g/mol. The third kappa shape index (κ3) is 70.9. The van der Waals surface area contributed by atoms with Crippen molar-refractivity contribution in [2.24, 2.45) is 5.92 Å². The molecule has 17 nitrogen and oxygen atoms in total. The van der Waals surface area contributed by atoms with Crippen LogP contribution in [-0.4, -0.2) is 96.7 Å². The van der Waals surface area contributed by atoms with Gasteiger partial charge in [0, 0.05) is 25.7 Å². The number of esters is 4. The predicted octanol–water partition coefficient (Wildman–Crippen LogP) is 23.3. The molecule has 0 aliphatic rings. The van der Waals surface area contributed by atoms with E-state index in [1.807, 2.05) is 0 Å². The van der Waals surface area contributed by atoms with Crippen LogP contribution in [0.1, 0.15) is 413 Å². The molecule has 0 rings (SSSR count). The quantitative estimate of drug-likeness (QED) is 0.0222. The highest BCUT2D eigenvalue weighted by Gasteiger charge is 2.30. The molecule has 0 aliphatic heterocycles. The number of aliphatic hydroxyl groups excluding tert-OH is 1. The number of rotatable bonds is 78. The Hall–Kier alpha value is -1.94. The van der Waals surface area contributed by atoms with E-state index >= 15 is 0 Å². The van der Waals surface area contributed by atoms with Gasteiger partial charge in [0.05, 0.1) is 26.4 Å². The van der Waals surface area contributed by atoms with E-state index in [0.29, 0.717) is 25.7 Å². The maximum atomic E-state index is 13.1. The van der Waals surface area contributed by atoms with Crippen molar-refractivity contribution in [2.75, 3.05) is 39.6 Å². The van der Waals surface area contributed by atoms with Crippen molar-refractivity contribution in [3.8, 4) is 0 Å². The molecule has 0 radical (unpaired) electrons. The molecule has 3 N–H and O–H groups in total. The maximum Gasteiger partial charge on any atom is 0.472 e. The van der Waals surface area contributed by atoms with E-state index in [1.54, 1.807) is 0 Å². The Bertz CT molecular complexity index is 1860. The zero-order chi connectivity index (χ0) is 71.2. The summed E-state index contributed by atoms with van der Waals surface area (Å²) in [5.41, 5.74) is 0. The summed E-state index contributed by atoms with van der Waals surface area (Å²) < 4.78 is 68.6. The summed E-state index contributed by atoms with van der Waals surface area (Å²) in [4.78, 5) is 72.8. The fourth-order valence-electron chi connectivity index (χ4n) is 12.0. The summed E-state index contributed by atoms with van der Waals surface area (Å²) in [7, 11) is -9.91. The molecule has 3 unspecified atom stereocenters. The van der Waals surface area contributed by atoms with Gasteiger partial charge in [0.1, 0.15) is 19.3 Å². The van der Waals surface area contributed by atoms with Crippen LogP contribution in [0.3, 0.4) is 0 Å². The predicted molar refractivity (Wildman–Crippen MR) is 395 cm³/mol. The minimum absolute atomic E-state index is 0.106. The Morgan fingerprint density at radius 1 is 0.289 bits per heavy atom. The van der Waals surface area contributed by atoms with Gasteiger partial charge in [0.2, 0.25) is 0 Å². The number of aliphatic hydroxyl groups is 1. The fourth-order valence-corrected chi connectivity index (χ4v) is 13.6. The van der Waals surface area contributed by atoms with Gasteiger partial charge in [0.25, 0.3) is 0 Å². The van der Waals surface area contributed by atoms with Crippen molar-refractivity contribution in [2.45, 2.75) is 432 Å². The molecule has 0 aromatic heterocycles. The standard InChI is InChI=1S/C78H152O17P2/c1-6-10-13-16-19-22-24-26-28-30-32-34-36-38-43-48-53-58-63-77(82)95-74(68-89-76(81)62-57-52-47-42-37-35-33-31-29-27-25-23-20-17-14-11-7-2)70-93-97(86,87)91-66-72(79)65-90-96(84,85)92-69-73(67-88-75(80)61-56-51-46-21-18-15-12-8-3)94-78(83)64-59-54-49-44-40-39-41-45-50-55-60-71(5)9-4/h71-74,79H,6-70H2,1-5H3,(H,84,85)(H,86,87)/t71?,72-,73+,74+/m0/s1. The summed E-state index contributed by atoms with van der Waals surface area (Å²) in [6.07, 6.45) is 61.0. The van der Waals surface area contributed by atoms with Gasteiger partial charge >= 0.3 is 39.5 Å². The molecule has 19 heteroatoms. The number of carbonyl (C=O) groups is 4. The van der Waals surface area contributed by atoms with E-state index in [-0.39, 0.29) is 25.7 Å². The van der Waals surface area contributed by atoms with E-state index in [4.69, 9.17) is 37.0 Å². The zero-order valence-electron chi connectivity index (χ0n) is 63.2. The molecule has 6 atom stereocenters. The fraction of sp³-hybridized carbons (Fsp3) is 0.949. The van der Waals surface area contributed by atoms with Crippen molar-refractivity contribution in [3.05, 3.63) is 0 Å². The van der Waals surface area contributed by atoms with Gasteiger partial charge in [-0.25, -0.2) is 9.13 Å². The number of hydrogen-bond donors (Lipinski definition) is 3. The summed E-state index contributed by atoms with van der Waals surface area (Å²) >= 11 is 0. The molecule has 0 amide bonds. The van der Waals surface area contributed by atoms with E-state index in [0.717, 1.165) is 102 Å². The van der Waals surface area contributed by atoms with E-state index < -0.39 is 97.5 Å². The molecule has 0 bridgehead atoms. The summed E-state index contributed by atoms with van der Waals surface area (Å²) in [6.45, 7) is 7.31. The van der Waals surface area contributed by atoms with Crippen LogP contribution in [0.2, 0.25) is 0 Å². The normalized spacial score (nSPS) is 14.2. The lowest BCUT2D eigenvalue weighted by Gasteiger charge is -2.21. The van der Waals surface area contributed by atoms with Gasteiger partial charge in [-0.15, -0.1) is 0 Å². The zero-order valence-corrected chi connectivity index (χ0v) is 65.0. The average Bonchev–Trinajstić information content (AvgIpc) is 0.991. The third-order valence-corrected chi connectivity index (χ3v) is 20.5. The Balaban J connectivity index is 5.21. The molecule has 0 aromatic rings. The first-order valence-corrected chi connectivity index (χ1v) is 43.7. The number of phosphoric acid groups is 2. The summed E-state index contributed by atoms with van der Waals surface area (Å²) in [6, 6.07) is 0. The maximum absolute atomic E-state index is 13.1. The Morgan fingerprint density at radius 2 is 0.495 bits per heavy atom. The van der Waals surface area contributed by atoms with Crippen molar-refractivity contribution in [1.29, 1.82) is 0 Å². The highest BCUT2D eigenvalue weighted by Crippen LogP contribution is 2.45.